The Kier molecular flexibility index (Phi) is 4.39. The monoisotopic (exact) mass is 380 g/mol. The van der Waals surface area contributed by atoms with Crippen molar-refractivity contribution in [3.05, 3.63) is 84.6 Å². The number of aromatic hydroxyl groups is 1. The van der Waals surface area contributed by atoms with Crippen LogP contribution in [0, 0.1) is 0 Å². The molecule has 0 radical (unpaired) electrons. The molecule has 140 valence electrons. The number of rotatable bonds is 3. The van der Waals surface area contributed by atoms with Crippen molar-refractivity contribution in [3.8, 4) is 16.9 Å². The summed E-state index contributed by atoms with van der Waals surface area (Å²) in [6.45, 7) is 0. The fourth-order valence-electron chi connectivity index (χ4n) is 3.11. The standard InChI is InChI=1S/C22H15F3N2O/c23-22(24,25)15-7-9-16(10-8-15)27-21-20-6-2-5-18(19(20)11-12-26-21)14-3-1-4-17(28)13-14/h1-13,28H,(H,26,27). The minimum Gasteiger partial charge on any atom is -0.508 e. The summed E-state index contributed by atoms with van der Waals surface area (Å²) in [5.41, 5.74) is 1.59. The normalized spacial score (nSPS) is 11.5. The van der Waals surface area contributed by atoms with E-state index < -0.39 is 11.7 Å². The van der Waals surface area contributed by atoms with Crippen molar-refractivity contribution in [2.45, 2.75) is 6.18 Å². The average molecular weight is 380 g/mol. The Morgan fingerprint density at radius 1 is 0.821 bits per heavy atom. The second kappa shape index (κ2) is 6.88. The lowest BCUT2D eigenvalue weighted by Crippen LogP contribution is -2.04. The highest BCUT2D eigenvalue weighted by Gasteiger charge is 2.29. The molecule has 4 aromatic rings. The number of phenols is 1. The molecule has 0 aliphatic carbocycles. The van der Waals surface area contributed by atoms with Gasteiger partial charge in [-0.2, -0.15) is 13.2 Å². The Hall–Kier alpha value is -3.54. The van der Waals surface area contributed by atoms with E-state index in [2.05, 4.69) is 10.3 Å². The fourth-order valence-corrected chi connectivity index (χ4v) is 3.11. The van der Waals surface area contributed by atoms with Crippen molar-refractivity contribution in [2.24, 2.45) is 0 Å². The van der Waals surface area contributed by atoms with Crippen molar-refractivity contribution in [3.63, 3.8) is 0 Å². The van der Waals surface area contributed by atoms with Gasteiger partial charge in [-0.1, -0.05) is 30.3 Å². The van der Waals surface area contributed by atoms with E-state index in [1.54, 1.807) is 24.4 Å². The molecule has 6 heteroatoms. The van der Waals surface area contributed by atoms with Crippen LogP contribution in [-0.2, 0) is 6.18 Å². The van der Waals surface area contributed by atoms with Gasteiger partial charge in [-0.3, -0.25) is 0 Å². The predicted octanol–water partition coefficient (Wildman–Crippen LogP) is 6.37. The maximum absolute atomic E-state index is 12.7. The molecule has 0 atom stereocenters. The Morgan fingerprint density at radius 3 is 2.29 bits per heavy atom. The van der Waals surface area contributed by atoms with Gasteiger partial charge in [0.1, 0.15) is 11.6 Å². The SMILES string of the molecule is Oc1cccc(-c2cccc3c(Nc4ccc(C(F)(F)F)cc4)nccc23)c1. The van der Waals surface area contributed by atoms with E-state index in [9.17, 15) is 18.3 Å². The third-order valence-corrected chi connectivity index (χ3v) is 4.44. The highest BCUT2D eigenvalue weighted by atomic mass is 19.4. The third kappa shape index (κ3) is 3.49. The molecule has 0 saturated carbocycles. The first-order chi connectivity index (χ1) is 13.4. The predicted molar refractivity (Wildman–Crippen MR) is 104 cm³/mol. The first kappa shape index (κ1) is 17.9. The van der Waals surface area contributed by atoms with E-state index in [1.165, 1.54) is 12.1 Å². The minimum atomic E-state index is -4.37. The van der Waals surface area contributed by atoms with Gasteiger partial charge in [0.05, 0.1) is 5.56 Å². The molecule has 1 aromatic heterocycles. The zero-order valence-corrected chi connectivity index (χ0v) is 14.5. The van der Waals surface area contributed by atoms with Crippen LogP contribution >= 0.6 is 0 Å². The first-order valence-electron chi connectivity index (χ1n) is 8.53. The molecule has 1 heterocycles. The number of pyridine rings is 1. The van der Waals surface area contributed by atoms with E-state index in [0.717, 1.165) is 34.0 Å². The van der Waals surface area contributed by atoms with Crippen LogP contribution in [0.5, 0.6) is 5.75 Å². The van der Waals surface area contributed by atoms with Gasteiger partial charge in [0.15, 0.2) is 0 Å². The highest BCUT2D eigenvalue weighted by Crippen LogP contribution is 2.34. The Bertz CT molecular complexity index is 1140. The molecule has 0 aliphatic rings. The third-order valence-electron chi connectivity index (χ3n) is 4.44. The van der Waals surface area contributed by atoms with E-state index in [0.29, 0.717) is 11.5 Å². The smallest absolute Gasteiger partial charge is 0.416 e. The van der Waals surface area contributed by atoms with Crippen molar-refractivity contribution in [1.29, 1.82) is 0 Å². The summed E-state index contributed by atoms with van der Waals surface area (Å²) in [7, 11) is 0. The second-order valence-electron chi connectivity index (χ2n) is 6.31. The molecule has 0 fully saturated rings. The zero-order valence-electron chi connectivity index (χ0n) is 14.5. The van der Waals surface area contributed by atoms with Crippen LogP contribution in [-0.4, -0.2) is 10.1 Å². The van der Waals surface area contributed by atoms with Crippen LogP contribution < -0.4 is 5.32 Å². The second-order valence-corrected chi connectivity index (χ2v) is 6.31. The Morgan fingerprint density at radius 2 is 1.57 bits per heavy atom. The maximum atomic E-state index is 12.7. The number of alkyl halides is 3. The van der Waals surface area contributed by atoms with E-state index >= 15 is 0 Å². The van der Waals surface area contributed by atoms with E-state index in [-0.39, 0.29) is 5.75 Å². The molecule has 0 aliphatic heterocycles. The molecule has 0 spiro atoms. The Balaban J connectivity index is 1.74. The summed E-state index contributed by atoms with van der Waals surface area (Å²) < 4.78 is 38.2. The van der Waals surface area contributed by atoms with Crippen LogP contribution in [0.1, 0.15) is 5.56 Å². The number of hydrogen-bond acceptors (Lipinski definition) is 3. The molecule has 2 N–H and O–H groups in total. The summed E-state index contributed by atoms with van der Waals surface area (Å²) in [6.07, 6.45) is -2.73. The molecule has 3 aromatic carbocycles. The summed E-state index contributed by atoms with van der Waals surface area (Å²) in [6, 6.07) is 19.4. The average Bonchev–Trinajstić information content (AvgIpc) is 2.67. The number of anilines is 2. The molecular formula is C22H15F3N2O. The van der Waals surface area contributed by atoms with Gasteiger partial charge in [0.25, 0.3) is 0 Å². The van der Waals surface area contributed by atoms with Crippen LogP contribution in [0.3, 0.4) is 0 Å². The summed E-state index contributed by atoms with van der Waals surface area (Å²) >= 11 is 0. The van der Waals surface area contributed by atoms with Gasteiger partial charge in [0, 0.05) is 17.3 Å². The molecule has 3 nitrogen and oxygen atoms in total. The molecule has 0 amide bonds. The van der Waals surface area contributed by atoms with Crippen LogP contribution in [0.2, 0.25) is 0 Å². The number of phenolic OH excluding ortho intramolecular Hbond substituents is 1. The van der Waals surface area contributed by atoms with Gasteiger partial charge < -0.3 is 10.4 Å². The van der Waals surface area contributed by atoms with Crippen molar-refractivity contribution in [2.75, 3.05) is 5.32 Å². The highest BCUT2D eigenvalue weighted by molar-refractivity contribution is 6.02. The lowest BCUT2D eigenvalue weighted by Gasteiger charge is -2.13. The molecule has 4 rings (SSSR count). The van der Waals surface area contributed by atoms with Crippen LogP contribution in [0.15, 0.2) is 79.0 Å². The summed E-state index contributed by atoms with van der Waals surface area (Å²) in [5, 5.41) is 14.6. The van der Waals surface area contributed by atoms with Crippen LogP contribution in [0.25, 0.3) is 21.9 Å². The van der Waals surface area contributed by atoms with E-state index in [1.807, 2.05) is 30.3 Å². The topological polar surface area (TPSA) is 45.1 Å². The van der Waals surface area contributed by atoms with Gasteiger partial charge in [0.2, 0.25) is 0 Å². The molecule has 0 bridgehead atoms. The number of aromatic nitrogens is 1. The number of hydrogen-bond donors (Lipinski definition) is 2. The zero-order chi connectivity index (χ0) is 19.7. The fraction of sp³-hybridized carbons (Fsp3) is 0.0455. The molecule has 0 saturated heterocycles. The van der Waals surface area contributed by atoms with Crippen molar-refractivity contribution in [1.82, 2.24) is 4.98 Å². The molecular weight excluding hydrogens is 365 g/mol. The number of nitrogens with one attached hydrogen (secondary N) is 1. The van der Waals surface area contributed by atoms with Gasteiger partial charge >= 0.3 is 6.18 Å². The largest absolute Gasteiger partial charge is 0.508 e. The van der Waals surface area contributed by atoms with Crippen molar-refractivity contribution < 1.29 is 18.3 Å². The molecule has 0 unspecified atom stereocenters. The summed E-state index contributed by atoms with van der Waals surface area (Å²) in [4.78, 5) is 4.34. The van der Waals surface area contributed by atoms with Gasteiger partial charge in [-0.05, 0) is 59.0 Å². The molecule has 28 heavy (non-hydrogen) atoms. The number of halogens is 3. The van der Waals surface area contributed by atoms with Crippen molar-refractivity contribution >= 4 is 22.3 Å². The lowest BCUT2D eigenvalue weighted by molar-refractivity contribution is -0.137. The van der Waals surface area contributed by atoms with Crippen LogP contribution in [0.4, 0.5) is 24.7 Å². The minimum absolute atomic E-state index is 0.173. The van der Waals surface area contributed by atoms with Gasteiger partial charge in [-0.15, -0.1) is 0 Å². The van der Waals surface area contributed by atoms with E-state index in [4.69, 9.17) is 0 Å². The quantitative estimate of drug-likeness (QED) is 0.434. The Labute approximate surface area is 159 Å². The number of nitrogens with zero attached hydrogens (tertiary/aromatic N) is 1. The number of fused-ring (bicyclic) bond motifs is 1. The lowest BCUT2D eigenvalue weighted by atomic mass is 9.99. The summed E-state index contributed by atoms with van der Waals surface area (Å²) in [5.74, 6) is 0.714. The maximum Gasteiger partial charge on any atom is 0.416 e. The van der Waals surface area contributed by atoms with Gasteiger partial charge in [-0.25, -0.2) is 4.98 Å². The first-order valence-corrected chi connectivity index (χ1v) is 8.53. The number of benzene rings is 3.